The Bertz CT molecular complexity index is 946. The van der Waals surface area contributed by atoms with Gasteiger partial charge in [-0.05, 0) is 26.8 Å². The zero-order valence-corrected chi connectivity index (χ0v) is 14.8. The number of H-pyrrole nitrogens is 1. The Kier molecular flexibility index (Phi) is 5.17. The van der Waals surface area contributed by atoms with Gasteiger partial charge in [0.15, 0.2) is 6.04 Å². The minimum Gasteiger partial charge on any atom is -0.444 e. The predicted octanol–water partition coefficient (Wildman–Crippen LogP) is 0.946. The molecule has 25 heavy (non-hydrogen) atoms. The molecule has 0 bridgehead atoms. The van der Waals surface area contributed by atoms with E-state index in [1.54, 1.807) is 45.0 Å². The van der Waals surface area contributed by atoms with Crippen LogP contribution in [0.5, 0.6) is 0 Å². The van der Waals surface area contributed by atoms with Gasteiger partial charge in [-0.3, -0.25) is 4.79 Å². The summed E-state index contributed by atoms with van der Waals surface area (Å²) in [4.78, 5) is 26.4. The van der Waals surface area contributed by atoms with Crippen LogP contribution in [0.4, 0.5) is 4.79 Å². The van der Waals surface area contributed by atoms with Crippen LogP contribution in [-0.4, -0.2) is 41.9 Å². The van der Waals surface area contributed by atoms with Gasteiger partial charge in [0.1, 0.15) is 10.5 Å². The second-order valence-electron chi connectivity index (χ2n) is 6.33. The molecule has 1 heterocycles. The molecule has 0 fully saturated rings. The van der Waals surface area contributed by atoms with Gasteiger partial charge < -0.3 is 20.8 Å². The van der Waals surface area contributed by atoms with Crippen molar-refractivity contribution in [1.82, 2.24) is 10.3 Å². The van der Waals surface area contributed by atoms with Crippen LogP contribution in [0.15, 0.2) is 30.5 Å². The van der Waals surface area contributed by atoms with E-state index in [1.807, 2.05) is 0 Å². The van der Waals surface area contributed by atoms with Crippen molar-refractivity contribution >= 4 is 38.1 Å². The van der Waals surface area contributed by atoms with Crippen LogP contribution in [0.2, 0.25) is 0 Å². The lowest BCUT2D eigenvalue weighted by Gasteiger charge is -2.22. The lowest BCUT2D eigenvalue weighted by Crippen LogP contribution is -2.51. The van der Waals surface area contributed by atoms with E-state index in [0.717, 1.165) is 0 Å². The summed E-state index contributed by atoms with van der Waals surface area (Å²) in [6, 6.07) is 5.39. The molecule has 2 aromatic rings. The highest BCUT2D eigenvalue weighted by molar-refractivity contribution is 7.73. The summed E-state index contributed by atoms with van der Waals surface area (Å²) in [5.41, 5.74) is 5.44. The Morgan fingerprint density at radius 2 is 1.88 bits per heavy atom. The fraction of sp³-hybridized carbons (Fsp3) is 0.312. The van der Waals surface area contributed by atoms with Crippen LogP contribution in [0.3, 0.4) is 0 Å². The topological polar surface area (TPSA) is 131 Å². The molecular weight excluding hydrogens is 346 g/mol. The molecule has 0 aliphatic rings. The smallest absolute Gasteiger partial charge is 0.408 e. The van der Waals surface area contributed by atoms with Crippen LogP contribution in [-0.2, 0) is 19.8 Å². The summed E-state index contributed by atoms with van der Waals surface area (Å²) in [5, 5.41) is 2.81. The van der Waals surface area contributed by atoms with Crippen molar-refractivity contribution in [3.63, 3.8) is 0 Å². The molecule has 0 unspecified atom stereocenters. The van der Waals surface area contributed by atoms with Gasteiger partial charge in [-0.25, -0.2) is 4.79 Å². The van der Waals surface area contributed by atoms with Gasteiger partial charge >= 0.3 is 6.09 Å². The largest absolute Gasteiger partial charge is 0.444 e. The average molecular weight is 365 g/mol. The molecule has 4 N–H and O–H groups in total. The number of fused-ring (bicyclic) bond motifs is 1. The number of nitrogens with one attached hydrogen (secondary N) is 2. The van der Waals surface area contributed by atoms with E-state index in [2.05, 4.69) is 10.3 Å². The number of benzene rings is 1. The summed E-state index contributed by atoms with van der Waals surface area (Å²) < 4.78 is 28.7. The van der Waals surface area contributed by atoms with Gasteiger partial charge in [0, 0.05) is 22.7 Å². The van der Waals surface area contributed by atoms with E-state index in [4.69, 9.17) is 10.5 Å². The van der Waals surface area contributed by atoms with Crippen LogP contribution in [0.1, 0.15) is 26.3 Å². The quantitative estimate of drug-likeness (QED) is 0.548. The third kappa shape index (κ3) is 4.38. The fourth-order valence-corrected chi connectivity index (χ4v) is 3.02. The normalized spacial score (nSPS) is 12.4. The molecule has 0 spiro atoms. The molecule has 1 aromatic carbocycles. The van der Waals surface area contributed by atoms with Crippen LogP contribution < -0.4 is 11.1 Å². The Morgan fingerprint density at radius 3 is 2.44 bits per heavy atom. The van der Waals surface area contributed by atoms with Crippen LogP contribution >= 0.6 is 0 Å². The van der Waals surface area contributed by atoms with E-state index >= 15 is 0 Å². The number of primary amides is 1. The van der Waals surface area contributed by atoms with Crippen LogP contribution in [0, 0.1) is 0 Å². The Labute approximate surface area is 145 Å². The van der Waals surface area contributed by atoms with Crippen molar-refractivity contribution in [2.75, 3.05) is 0 Å². The molecule has 134 valence electrons. The standard InChI is InChI=1S/C16H19N3O5S/c1-16(2,3)24-15(21)19-12(14(17)20)13(25(22)23)10-8-18-11-7-5-4-6-9(10)11/h4-8,12,18H,1-3H3,(H2,17,20)(H,19,21)/t12-/m0/s1. The molecule has 1 aromatic heterocycles. The molecule has 0 aliphatic heterocycles. The summed E-state index contributed by atoms with van der Waals surface area (Å²) in [5.74, 6) is -1.02. The molecular formula is C16H19N3O5S. The maximum absolute atomic E-state index is 12.0. The first kappa shape index (κ1) is 18.5. The van der Waals surface area contributed by atoms with Crippen molar-refractivity contribution in [1.29, 1.82) is 0 Å². The maximum atomic E-state index is 12.0. The first-order chi connectivity index (χ1) is 11.6. The van der Waals surface area contributed by atoms with Gasteiger partial charge in [-0.1, -0.05) is 18.2 Å². The van der Waals surface area contributed by atoms with Gasteiger partial charge in [-0.2, -0.15) is 8.42 Å². The zero-order chi connectivity index (χ0) is 18.8. The molecule has 0 saturated heterocycles. The average Bonchev–Trinajstić information content (AvgIpc) is 2.88. The number of aromatic amines is 1. The predicted molar refractivity (Wildman–Crippen MR) is 93.7 cm³/mol. The Balaban J connectivity index is 2.48. The third-order valence-corrected chi connectivity index (χ3v) is 4.06. The Morgan fingerprint density at radius 1 is 1.24 bits per heavy atom. The number of rotatable bonds is 4. The summed E-state index contributed by atoms with van der Waals surface area (Å²) >= 11 is 0. The summed E-state index contributed by atoms with van der Waals surface area (Å²) in [6.45, 7) is 4.92. The number of nitrogens with two attached hydrogens (primary N) is 1. The van der Waals surface area contributed by atoms with Gasteiger partial charge in [0.2, 0.25) is 16.2 Å². The van der Waals surface area contributed by atoms with E-state index in [9.17, 15) is 18.0 Å². The van der Waals surface area contributed by atoms with Crippen molar-refractivity contribution in [2.24, 2.45) is 5.73 Å². The molecule has 0 radical (unpaired) electrons. The number of carbonyl (C=O) groups excluding carboxylic acids is 2. The number of amides is 2. The van der Waals surface area contributed by atoms with Crippen molar-refractivity contribution in [3.05, 3.63) is 36.0 Å². The number of ether oxygens (including phenoxy) is 1. The second-order valence-corrected chi connectivity index (χ2v) is 7.24. The van der Waals surface area contributed by atoms with Crippen molar-refractivity contribution in [3.8, 4) is 0 Å². The SMILES string of the molecule is CC(C)(C)OC(=O)N[C@H](C(N)=O)C(c1c[nH]c2ccccc12)=S(=O)=O. The first-order valence-corrected chi connectivity index (χ1v) is 8.49. The summed E-state index contributed by atoms with van der Waals surface area (Å²) in [7, 11) is -2.80. The molecule has 2 rings (SSSR count). The zero-order valence-electron chi connectivity index (χ0n) is 14.0. The third-order valence-electron chi connectivity index (χ3n) is 3.24. The minimum absolute atomic E-state index is 0.254. The van der Waals surface area contributed by atoms with Gasteiger partial charge in [0.05, 0.1) is 0 Å². The minimum atomic E-state index is -2.80. The molecule has 1 atom stereocenters. The van der Waals surface area contributed by atoms with E-state index in [1.165, 1.54) is 6.20 Å². The highest BCUT2D eigenvalue weighted by Gasteiger charge is 2.30. The highest BCUT2D eigenvalue weighted by atomic mass is 32.2. The maximum Gasteiger partial charge on any atom is 0.408 e. The Hall–Kier alpha value is -2.81. The first-order valence-electron chi connectivity index (χ1n) is 7.41. The highest BCUT2D eigenvalue weighted by Crippen LogP contribution is 2.19. The van der Waals surface area contributed by atoms with Crippen molar-refractivity contribution in [2.45, 2.75) is 32.4 Å². The van der Waals surface area contributed by atoms with Gasteiger partial charge in [0.25, 0.3) is 0 Å². The number of aromatic nitrogens is 1. The fourth-order valence-electron chi connectivity index (χ4n) is 2.31. The molecule has 2 amide bonds. The monoisotopic (exact) mass is 365 g/mol. The molecule has 0 saturated carbocycles. The van der Waals surface area contributed by atoms with Gasteiger partial charge in [-0.15, -0.1) is 0 Å². The number of para-hydroxylation sites is 1. The van der Waals surface area contributed by atoms with Crippen molar-refractivity contribution < 1.29 is 22.7 Å². The number of carbonyl (C=O) groups is 2. The van der Waals surface area contributed by atoms with E-state index in [-0.39, 0.29) is 10.4 Å². The molecule has 8 nitrogen and oxygen atoms in total. The summed E-state index contributed by atoms with van der Waals surface area (Å²) in [6.07, 6.45) is 0.502. The number of hydrogen-bond donors (Lipinski definition) is 3. The number of alkyl carbamates (subject to hydrolysis) is 1. The van der Waals surface area contributed by atoms with E-state index < -0.39 is 33.9 Å². The number of hydrogen-bond acceptors (Lipinski definition) is 5. The molecule has 0 aliphatic carbocycles. The molecule has 9 heteroatoms. The second kappa shape index (κ2) is 6.98. The van der Waals surface area contributed by atoms with Crippen LogP contribution in [0.25, 0.3) is 10.9 Å². The lowest BCUT2D eigenvalue weighted by atomic mass is 10.0. The van der Waals surface area contributed by atoms with E-state index in [0.29, 0.717) is 10.9 Å². The lowest BCUT2D eigenvalue weighted by molar-refractivity contribution is -0.118.